The van der Waals surface area contributed by atoms with Gasteiger partial charge in [0.1, 0.15) is 0 Å². The summed E-state index contributed by atoms with van der Waals surface area (Å²) in [6.07, 6.45) is 20.4. The van der Waals surface area contributed by atoms with Crippen molar-refractivity contribution in [3.63, 3.8) is 0 Å². The summed E-state index contributed by atoms with van der Waals surface area (Å²) < 4.78 is 18.4. The van der Waals surface area contributed by atoms with E-state index < -0.39 is 8.80 Å². The average Bonchev–Trinajstić information content (AvgIpc) is 2.97. The molecular formula is C34H66O5S2Si. The van der Waals surface area contributed by atoms with Gasteiger partial charge in [-0.15, -0.1) is 0 Å². The van der Waals surface area contributed by atoms with Crippen LogP contribution in [0.1, 0.15) is 150 Å². The van der Waals surface area contributed by atoms with E-state index in [4.69, 9.17) is 13.3 Å². The molecule has 0 bridgehead atoms. The molecule has 0 aromatic carbocycles. The molecule has 0 spiro atoms. The molecule has 0 heterocycles. The average molecular weight is 647 g/mol. The number of hydrogen-bond donors (Lipinski definition) is 0. The van der Waals surface area contributed by atoms with E-state index in [0.29, 0.717) is 47.8 Å². The Hall–Kier alpha value is 0.137. The molecule has 0 amide bonds. The minimum Gasteiger partial charge on any atom is -0.374 e. The lowest BCUT2D eigenvalue weighted by atomic mass is 9.71. The fourth-order valence-corrected chi connectivity index (χ4v) is 11.0. The van der Waals surface area contributed by atoms with Crippen molar-refractivity contribution in [3.8, 4) is 0 Å². The first-order chi connectivity index (χ1) is 20.4. The van der Waals surface area contributed by atoms with Crippen molar-refractivity contribution in [1.82, 2.24) is 0 Å². The summed E-state index contributed by atoms with van der Waals surface area (Å²) >= 11 is 3.13. The smallest absolute Gasteiger partial charge is 0.374 e. The van der Waals surface area contributed by atoms with Crippen LogP contribution in [0.15, 0.2) is 0 Å². The Kier molecular flexibility index (Phi) is 25.2. The van der Waals surface area contributed by atoms with Crippen molar-refractivity contribution in [2.75, 3.05) is 31.3 Å². The second-order valence-electron chi connectivity index (χ2n) is 12.1. The lowest BCUT2D eigenvalue weighted by Crippen LogP contribution is -2.46. The second kappa shape index (κ2) is 26.4. The Labute approximate surface area is 269 Å². The summed E-state index contributed by atoms with van der Waals surface area (Å²) in [6.45, 7) is 12.4. The van der Waals surface area contributed by atoms with Gasteiger partial charge in [0.05, 0.1) is 0 Å². The molecule has 0 aromatic heterocycles. The zero-order valence-electron chi connectivity index (χ0n) is 28.1. The summed E-state index contributed by atoms with van der Waals surface area (Å²) in [5.41, 5.74) is 0. The van der Waals surface area contributed by atoms with Gasteiger partial charge in [-0.25, -0.2) is 0 Å². The van der Waals surface area contributed by atoms with Gasteiger partial charge in [0.2, 0.25) is 0 Å². The molecule has 42 heavy (non-hydrogen) atoms. The molecule has 0 radical (unpaired) electrons. The van der Waals surface area contributed by atoms with E-state index in [9.17, 15) is 9.59 Å². The molecule has 0 aliphatic heterocycles. The maximum atomic E-state index is 12.5. The van der Waals surface area contributed by atoms with Crippen LogP contribution in [0.3, 0.4) is 0 Å². The first-order valence-electron chi connectivity index (χ1n) is 17.7. The Morgan fingerprint density at radius 2 is 1.10 bits per heavy atom. The predicted molar refractivity (Wildman–Crippen MR) is 185 cm³/mol. The summed E-state index contributed by atoms with van der Waals surface area (Å²) in [6, 6.07) is 0.887. The van der Waals surface area contributed by atoms with Crippen molar-refractivity contribution in [2.24, 2.45) is 17.8 Å². The molecular weight excluding hydrogens is 581 g/mol. The summed E-state index contributed by atoms with van der Waals surface area (Å²) in [5, 5.41) is 0.748. The highest BCUT2D eigenvalue weighted by Crippen LogP contribution is 2.41. The molecule has 3 atom stereocenters. The Balaban J connectivity index is 2.63. The molecule has 1 rings (SSSR count). The van der Waals surface area contributed by atoms with Crippen LogP contribution in [0.2, 0.25) is 6.04 Å². The third-order valence-electron chi connectivity index (χ3n) is 8.67. The molecule has 1 fully saturated rings. The molecule has 0 aromatic rings. The molecule has 0 N–H and O–H groups in total. The maximum absolute atomic E-state index is 12.5. The third kappa shape index (κ3) is 18.8. The van der Waals surface area contributed by atoms with Crippen LogP contribution in [0.25, 0.3) is 0 Å². The van der Waals surface area contributed by atoms with Gasteiger partial charge in [-0.05, 0) is 83.5 Å². The minimum atomic E-state index is -2.62. The molecule has 248 valence electrons. The van der Waals surface area contributed by atoms with Crippen LogP contribution in [-0.4, -0.2) is 50.4 Å². The van der Waals surface area contributed by atoms with E-state index in [1.807, 2.05) is 20.8 Å². The van der Waals surface area contributed by atoms with Gasteiger partial charge in [0, 0.05) is 50.2 Å². The Morgan fingerprint density at radius 3 is 1.57 bits per heavy atom. The van der Waals surface area contributed by atoms with Crippen molar-refractivity contribution in [3.05, 3.63) is 0 Å². The van der Waals surface area contributed by atoms with Crippen LogP contribution in [0, 0.1) is 17.8 Å². The van der Waals surface area contributed by atoms with Crippen LogP contribution < -0.4 is 0 Å². The first kappa shape index (κ1) is 40.2. The standard InChI is InChI=1S/C34H66O5S2Si/c1-6-11-13-15-17-19-33(35)40-26-23-31-22-21-30(25-28-42(37-8-3,38-9-4)39-10-5)29-32(31)24-27-41-34(36)20-18-16-14-12-7-2/h30-32H,6-29H2,1-5H3. The number of carbonyl (C=O) groups excluding carboxylic acids is 2. The number of rotatable bonds is 27. The number of thioether (sulfide) groups is 2. The van der Waals surface area contributed by atoms with Gasteiger partial charge in [0.15, 0.2) is 10.2 Å². The Bertz CT molecular complexity index is 663. The quantitative estimate of drug-likeness (QED) is 0.0650. The molecule has 3 unspecified atom stereocenters. The normalized spacial score (nSPS) is 19.3. The molecule has 0 saturated heterocycles. The first-order valence-corrected chi connectivity index (χ1v) is 21.6. The van der Waals surface area contributed by atoms with E-state index in [1.165, 1.54) is 70.6 Å². The SMILES string of the molecule is CCCCCCCC(=O)SCCC1CCC(CC[Si](OCC)(OCC)OCC)CC1CCSC(=O)CCCCCCC. The lowest BCUT2D eigenvalue weighted by Gasteiger charge is -2.37. The highest BCUT2D eigenvalue weighted by Gasteiger charge is 2.41. The molecule has 1 aliphatic carbocycles. The summed E-state index contributed by atoms with van der Waals surface area (Å²) in [4.78, 5) is 25.0. The monoisotopic (exact) mass is 646 g/mol. The van der Waals surface area contributed by atoms with Gasteiger partial charge in [-0.2, -0.15) is 0 Å². The summed E-state index contributed by atoms with van der Waals surface area (Å²) in [7, 11) is -2.62. The van der Waals surface area contributed by atoms with Crippen molar-refractivity contribution < 1.29 is 22.9 Å². The predicted octanol–water partition coefficient (Wildman–Crippen LogP) is 10.5. The van der Waals surface area contributed by atoms with Gasteiger partial charge >= 0.3 is 8.80 Å². The van der Waals surface area contributed by atoms with Crippen molar-refractivity contribution >= 4 is 42.6 Å². The highest BCUT2D eigenvalue weighted by molar-refractivity contribution is 8.13. The zero-order chi connectivity index (χ0) is 30.9. The van der Waals surface area contributed by atoms with Crippen LogP contribution in [-0.2, 0) is 22.9 Å². The van der Waals surface area contributed by atoms with Gasteiger partial charge in [-0.3, -0.25) is 9.59 Å². The fourth-order valence-electron chi connectivity index (χ4n) is 6.34. The van der Waals surface area contributed by atoms with E-state index in [2.05, 4.69) is 13.8 Å². The van der Waals surface area contributed by atoms with Crippen LogP contribution in [0.4, 0.5) is 0 Å². The fraction of sp³-hybridized carbons (Fsp3) is 0.941. The molecule has 5 nitrogen and oxygen atoms in total. The van der Waals surface area contributed by atoms with Gasteiger partial charge in [0.25, 0.3) is 0 Å². The molecule has 8 heteroatoms. The lowest BCUT2D eigenvalue weighted by molar-refractivity contribution is -0.111. The third-order valence-corrected chi connectivity index (χ3v) is 13.7. The second-order valence-corrected chi connectivity index (χ2v) is 17.1. The zero-order valence-corrected chi connectivity index (χ0v) is 30.7. The van der Waals surface area contributed by atoms with E-state index in [0.717, 1.165) is 62.5 Å². The van der Waals surface area contributed by atoms with Crippen LogP contribution >= 0.6 is 23.5 Å². The molecule has 1 saturated carbocycles. The highest BCUT2D eigenvalue weighted by atomic mass is 32.2. The number of unbranched alkanes of at least 4 members (excludes halogenated alkanes) is 8. The summed E-state index contributed by atoms with van der Waals surface area (Å²) in [5.74, 6) is 3.81. The number of hydrogen-bond acceptors (Lipinski definition) is 7. The van der Waals surface area contributed by atoms with E-state index in [-0.39, 0.29) is 0 Å². The Morgan fingerprint density at radius 1 is 0.619 bits per heavy atom. The maximum Gasteiger partial charge on any atom is 0.500 e. The van der Waals surface area contributed by atoms with E-state index >= 15 is 0 Å². The molecule has 1 aliphatic rings. The van der Waals surface area contributed by atoms with E-state index in [1.54, 1.807) is 23.5 Å². The number of carbonyl (C=O) groups is 2. The topological polar surface area (TPSA) is 61.8 Å². The largest absolute Gasteiger partial charge is 0.500 e. The van der Waals surface area contributed by atoms with Gasteiger partial charge in [-0.1, -0.05) is 95.2 Å². The van der Waals surface area contributed by atoms with Crippen molar-refractivity contribution in [1.29, 1.82) is 0 Å². The minimum absolute atomic E-state index is 0.372. The van der Waals surface area contributed by atoms with Gasteiger partial charge < -0.3 is 13.3 Å². The van der Waals surface area contributed by atoms with Crippen LogP contribution in [0.5, 0.6) is 0 Å². The van der Waals surface area contributed by atoms with Crippen molar-refractivity contribution in [2.45, 2.75) is 156 Å².